The molecule has 2 heterocycles. The lowest BCUT2D eigenvalue weighted by molar-refractivity contribution is 0.0954. The molecule has 0 spiro atoms. The number of amides is 2. The van der Waals surface area contributed by atoms with E-state index in [2.05, 4.69) is 20.8 Å². The van der Waals surface area contributed by atoms with Gasteiger partial charge in [-0.3, -0.25) is 14.5 Å². The van der Waals surface area contributed by atoms with Crippen LogP contribution in [0.1, 0.15) is 23.1 Å². The first-order valence-electron chi connectivity index (χ1n) is 8.28. The molecule has 1 aromatic carbocycles. The fourth-order valence-corrected chi connectivity index (χ4v) is 2.47. The van der Waals surface area contributed by atoms with Crippen molar-refractivity contribution >= 4 is 23.3 Å². The second-order valence-electron chi connectivity index (χ2n) is 5.48. The molecule has 8 heteroatoms. The average Bonchev–Trinajstić information content (AvgIpc) is 3.05. The number of nitrogens with one attached hydrogen (secondary N) is 2. The molecule has 3 aromatic rings. The fourth-order valence-electron chi connectivity index (χ4n) is 2.47. The highest BCUT2D eigenvalue weighted by atomic mass is 16.5. The first-order chi connectivity index (χ1) is 12.7. The number of hydrogen-bond donors (Lipinski definition) is 2. The molecule has 0 aliphatic rings. The Morgan fingerprint density at radius 3 is 2.88 bits per heavy atom. The summed E-state index contributed by atoms with van der Waals surface area (Å²) < 4.78 is 6.71. The molecule has 0 aliphatic carbocycles. The normalized spacial score (nSPS) is 10.5. The number of pyridine rings is 1. The number of hydrogen-bond acceptors (Lipinski definition) is 5. The maximum Gasteiger partial charge on any atom is 0.411 e. The molecule has 0 unspecified atom stereocenters. The van der Waals surface area contributed by atoms with Crippen molar-refractivity contribution in [2.45, 2.75) is 13.3 Å². The highest BCUT2D eigenvalue weighted by molar-refractivity contribution is 5.96. The first kappa shape index (κ1) is 17.4. The third-order valence-corrected chi connectivity index (χ3v) is 3.67. The van der Waals surface area contributed by atoms with Gasteiger partial charge < -0.3 is 10.1 Å². The Morgan fingerprint density at radius 2 is 2.04 bits per heavy atom. The van der Waals surface area contributed by atoms with Crippen LogP contribution in [0.5, 0.6) is 0 Å². The molecule has 8 nitrogen and oxygen atoms in total. The number of carbonyl (C=O) groups is 2. The van der Waals surface area contributed by atoms with Crippen LogP contribution in [0.4, 0.5) is 10.5 Å². The van der Waals surface area contributed by atoms with E-state index in [1.54, 1.807) is 31.2 Å². The predicted molar refractivity (Wildman–Crippen MR) is 96.1 cm³/mol. The largest absolute Gasteiger partial charge is 0.450 e. The number of nitrogens with zero attached hydrogens (tertiary/aromatic N) is 3. The van der Waals surface area contributed by atoms with Gasteiger partial charge in [0.05, 0.1) is 6.61 Å². The third kappa shape index (κ3) is 4.15. The number of carbonyl (C=O) groups excluding carboxylic acids is 2. The van der Waals surface area contributed by atoms with Gasteiger partial charge in [0.1, 0.15) is 5.82 Å². The van der Waals surface area contributed by atoms with E-state index in [9.17, 15) is 9.59 Å². The number of anilines is 1. The summed E-state index contributed by atoms with van der Waals surface area (Å²) in [5, 5.41) is 13.6. The van der Waals surface area contributed by atoms with Crippen LogP contribution in [0.25, 0.3) is 5.65 Å². The van der Waals surface area contributed by atoms with Crippen LogP contribution in [-0.2, 0) is 11.2 Å². The van der Waals surface area contributed by atoms with E-state index in [-0.39, 0.29) is 12.5 Å². The Balaban J connectivity index is 1.57. The second kappa shape index (κ2) is 8.11. The van der Waals surface area contributed by atoms with Gasteiger partial charge in [-0.05, 0) is 37.3 Å². The summed E-state index contributed by atoms with van der Waals surface area (Å²) in [5.41, 5.74) is 1.72. The lowest BCUT2D eigenvalue weighted by Crippen LogP contribution is -2.26. The maximum absolute atomic E-state index is 12.3. The van der Waals surface area contributed by atoms with E-state index in [1.807, 2.05) is 28.8 Å². The molecule has 2 aromatic heterocycles. The molecular weight excluding hydrogens is 334 g/mol. The molecule has 0 atom stereocenters. The summed E-state index contributed by atoms with van der Waals surface area (Å²) in [7, 11) is 0. The molecule has 0 bridgehead atoms. The predicted octanol–water partition coefficient (Wildman–Crippen LogP) is 2.27. The number of benzene rings is 1. The van der Waals surface area contributed by atoms with Crippen LogP contribution in [0.3, 0.4) is 0 Å². The first-order valence-corrected chi connectivity index (χ1v) is 8.28. The standard InChI is InChI=1S/C18H19N5O3/c1-2-26-18(25)20-14-7-5-6-13(12-14)17(24)19-10-9-16-22-21-15-8-3-4-11-23(15)16/h3-8,11-12H,2,9-10H2,1H3,(H,19,24)(H,20,25). The summed E-state index contributed by atoms with van der Waals surface area (Å²) in [6.45, 7) is 2.43. The quantitative estimate of drug-likeness (QED) is 0.708. The molecule has 0 saturated heterocycles. The Kier molecular flexibility index (Phi) is 5.43. The minimum Gasteiger partial charge on any atom is -0.450 e. The van der Waals surface area contributed by atoms with Crippen molar-refractivity contribution in [3.8, 4) is 0 Å². The van der Waals surface area contributed by atoms with Gasteiger partial charge in [0.15, 0.2) is 5.65 Å². The molecule has 3 rings (SSSR count). The molecular formula is C18H19N5O3. The van der Waals surface area contributed by atoms with Crippen molar-refractivity contribution in [3.05, 3.63) is 60.0 Å². The van der Waals surface area contributed by atoms with Gasteiger partial charge in [0.25, 0.3) is 5.91 Å². The molecule has 26 heavy (non-hydrogen) atoms. The number of fused-ring (bicyclic) bond motifs is 1. The van der Waals surface area contributed by atoms with Crippen LogP contribution >= 0.6 is 0 Å². The molecule has 134 valence electrons. The lowest BCUT2D eigenvalue weighted by Gasteiger charge is -2.08. The summed E-state index contributed by atoms with van der Waals surface area (Å²) in [6, 6.07) is 12.3. The van der Waals surface area contributed by atoms with Crippen molar-refractivity contribution < 1.29 is 14.3 Å². The zero-order valence-corrected chi connectivity index (χ0v) is 14.3. The Hall–Kier alpha value is -3.42. The summed E-state index contributed by atoms with van der Waals surface area (Å²) in [5.74, 6) is 0.546. The van der Waals surface area contributed by atoms with Gasteiger partial charge in [0.2, 0.25) is 0 Å². The van der Waals surface area contributed by atoms with Crippen LogP contribution in [0.2, 0.25) is 0 Å². The number of rotatable bonds is 6. The summed E-state index contributed by atoms with van der Waals surface area (Å²) in [6.07, 6.45) is 1.89. The van der Waals surface area contributed by atoms with Crippen molar-refractivity contribution in [3.63, 3.8) is 0 Å². The summed E-state index contributed by atoms with van der Waals surface area (Å²) in [4.78, 5) is 23.8. The Labute approximate surface area is 150 Å². The average molecular weight is 353 g/mol. The van der Waals surface area contributed by atoms with Crippen LogP contribution < -0.4 is 10.6 Å². The van der Waals surface area contributed by atoms with E-state index >= 15 is 0 Å². The highest BCUT2D eigenvalue weighted by Crippen LogP contribution is 2.11. The topological polar surface area (TPSA) is 97.6 Å². The molecule has 2 amide bonds. The van der Waals surface area contributed by atoms with E-state index < -0.39 is 6.09 Å². The molecule has 0 saturated carbocycles. The number of ether oxygens (including phenoxy) is 1. The van der Waals surface area contributed by atoms with Crippen LogP contribution in [0, 0.1) is 0 Å². The van der Waals surface area contributed by atoms with E-state index in [4.69, 9.17) is 4.74 Å². The number of aromatic nitrogens is 3. The van der Waals surface area contributed by atoms with Gasteiger partial charge in [0, 0.05) is 30.4 Å². The highest BCUT2D eigenvalue weighted by Gasteiger charge is 2.09. The third-order valence-electron chi connectivity index (χ3n) is 3.67. The SMILES string of the molecule is CCOC(=O)Nc1cccc(C(=O)NCCc2nnc3ccccn23)c1. The molecule has 0 fully saturated rings. The Bertz CT molecular complexity index is 922. The van der Waals surface area contributed by atoms with E-state index in [0.717, 1.165) is 11.5 Å². The minimum absolute atomic E-state index is 0.230. The van der Waals surface area contributed by atoms with Gasteiger partial charge in [-0.2, -0.15) is 0 Å². The van der Waals surface area contributed by atoms with Crippen molar-refractivity contribution in [2.75, 3.05) is 18.5 Å². The zero-order chi connectivity index (χ0) is 18.4. The monoisotopic (exact) mass is 353 g/mol. The van der Waals surface area contributed by atoms with Gasteiger partial charge in [-0.25, -0.2) is 4.79 Å². The van der Waals surface area contributed by atoms with Crippen molar-refractivity contribution in [1.82, 2.24) is 19.9 Å². The van der Waals surface area contributed by atoms with E-state index in [0.29, 0.717) is 24.2 Å². The summed E-state index contributed by atoms with van der Waals surface area (Å²) >= 11 is 0. The maximum atomic E-state index is 12.3. The second-order valence-corrected chi connectivity index (χ2v) is 5.48. The van der Waals surface area contributed by atoms with Gasteiger partial charge in [-0.1, -0.05) is 12.1 Å². The lowest BCUT2D eigenvalue weighted by atomic mass is 10.2. The Morgan fingerprint density at radius 1 is 1.15 bits per heavy atom. The van der Waals surface area contributed by atoms with Crippen molar-refractivity contribution in [1.29, 1.82) is 0 Å². The molecule has 0 radical (unpaired) electrons. The van der Waals surface area contributed by atoms with Crippen molar-refractivity contribution in [2.24, 2.45) is 0 Å². The van der Waals surface area contributed by atoms with Crippen LogP contribution in [-0.4, -0.2) is 39.8 Å². The minimum atomic E-state index is -0.552. The zero-order valence-electron chi connectivity index (χ0n) is 14.3. The van der Waals surface area contributed by atoms with Crippen LogP contribution in [0.15, 0.2) is 48.7 Å². The fraction of sp³-hybridized carbons (Fsp3) is 0.222. The van der Waals surface area contributed by atoms with Gasteiger partial charge in [-0.15, -0.1) is 10.2 Å². The van der Waals surface area contributed by atoms with Gasteiger partial charge >= 0.3 is 6.09 Å². The molecule has 0 aliphatic heterocycles. The smallest absolute Gasteiger partial charge is 0.411 e. The molecule has 2 N–H and O–H groups in total. The van der Waals surface area contributed by atoms with E-state index in [1.165, 1.54) is 0 Å².